The fourth-order valence-electron chi connectivity index (χ4n) is 4.02. The van der Waals surface area contributed by atoms with Crippen LogP contribution in [0.2, 0.25) is 0 Å². The number of imidazole rings is 1. The number of benzene rings is 1. The lowest BCUT2D eigenvalue weighted by molar-refractivity contribution is -0.190. The molecule has 1 aromatic carbocycles. The van der Waals surface area contributed by atoms with Crippen LogP contribution in [0.25, 0.3) is 16.6 Å². The zero-order valence-corrected chi connectivity index (χ0v) is 21.2. The quantitative estimate of drug-likeness (QED) is 0.179. The van der Waals surface area contributed by atoms with E-state index in [1.807, 2.05) is 22.6 Å². The Kier molecular flexibility index (Phi) is 6.61. The van der Waals surface area contributed by atoms with E-state index in [2.05, 4.69) is 14.7 Å². The van der Waals surface area contributed by atoms with Crippen molar-refractivity contribution in [1.82, 2.24) is 19.3 Å². The average molecular weight is 646 g/mol. The van der Waals surface area contributed by atoms with Gasteiger partial charge in [0.1, 0.15) is 5.65 Å². The van der Waals surface area contributed by atoms with Gasteiger partial charge >= 0.3 is 12.1 Å². The number of hydrogen-bond acceptors (Lipinski definition) is 6. The number of esters is 1. The largest absolute Gasteiger partial charge is 0.491 e. The van der Waals surface area contributed by atoms with E-state index in [9.17, 15) is 31.5 Å². The number of piperidine rings is 1. The first-order valence-corrected chi connectivity index (χ1v) is 12.1. The van der Waals surface area contributed by atoms with Gasteiger partial charge in [-0.15, -0.1) is 0 Å². The maximum atomic E-state index is 15.0. The normalized spacial score (nSPS) is 17.5. The van der Waals surface area contributed by atoms with E-state index >= 15 is 0 Å². The van der Waals surface area contributed by atoms with Crippen LogP contribution < -0.4 is 9.47 Å². The highest BCUT2D eigenvalue weighted by molar-refractivity contribution is 14.1. The monoisotopic (exact) mass is 646 g/mol. The number of halogens is 6. The van der Waals surface area contributed by atoms with Crippen molar-refractivity contribution in [2.24, 2.45) is 0 Å². The third-order valence-corrected chi connectivity index (χ3v) is 6.58. The molecule has 1 atom stereocenters. The molecule has 198 valence electrons. The van der Waals surface area contributed by atoms with Gasteiger partial charge in [0.25, 0.3) is 17.7 Å². The van der Waals surface area contributed by atoms with Crippen LogP contribution >= 0.6 is 22.6 Å². The molecule has 14 heteroatoms. The summed E-state index contributed by atoms with van der Waals surface area (Å²) in [6, 6.07) is 8.90. The van der Waals surface area contributed by atoms with Crippen LogP contribution in [-0.2, 0) is 4.79 Å². The van der Waals surface area contributed by atoms with Crippen molar-refractivity contribution in [2.45, 2.75) is 24.6 Å². The molecular formula is C24H16F5IN4O4. The van der Waals surface area contributed by atoms with Crippen molar-refractivity contribution >= 4 is 51.0 Å². The molecule has 0 saturated carbocycles. The number of aromatic nitrogens is 3. The predicted octanol–water partition coefficient (Wildman–Crippen LogP) is 4.88. The summed E-state index contributed by atoms with van der Waals surface area (Å²) in [5, 5.41) is 0.300. The first-order chi connectivity index (χ1) is 17.9. The van der Waals surface area contributed by atoms with Gasteiger partial charge in [0.15, 0.2) is 11.9 Å². The number of ether oxygens (including phenoxy) is 2. The molecule has 0 bridgehead atoms. The van der Waals surface area contributed by atoms with Crippen LogP contribution in [0, 0.1) is 3.57 Å². The number of hydrogen-bond donors (Lipinski definition) is 0. The number of carbonyl (C=O) groups excluding carboxylic acids is 2. The highest BCUT2D eigenvalue weighted by Gasteiger charge is 2.48. The number of likely N-dealkylation sites (tertiary alicyclic amines) is 1. The van der Waals surface area contributed by atoms with Crippen molar-refractivity contribution in [2.75, 3.05) is 13.1 Å². The maximum absolute atomic E-state index is 15.0. The Bertz CT molecular complexity index is 1560. The van der Waals surface area contributed by atoms with Crippen LogP contribution in [0.5, 0.6) is 11.6 Å². The second kappa shape index (κ2) is 9.63. The summed E-state index contributed by atoms with van der Waals surface area (Å²) in [4.78, 5) is 34.1. The first kappa shape index (κ1) is 26.1. The van der Waals surface area contributed by atoms with Gasteiger partial charge in [0, 0.05) is 40.5 Å². The molecule has 4 aromatic rings. The summed E-state index contributed by atoms with van der Waals surface area (Å²) in [6.45, 7) is -0.903. The minimum atomic E-state index is -5.34. The molecule has 0 spiro atoms. The van der Waals surface area contributed by atoms with Crippen LogP contribution in [0.1, 0.15) is 16.8 Å². The molecule has 0 N–H and O–H groups in total. The molecule has 8 nitrogen and oxygen atoms in total. The third kappa shape index (κ3) is 5.08. The van der Waals surface area contributed by atoms with Crippen molar-refractivity contribution in [1.29, 1.82) is 0 Å². The van der Waals surface area contributed by atoms with Crippen molar-refractivity contribution in [3.8, 4) is 11.6 Å². The van der Waals surface area contributed by atoms with Gasteiger partial charge in [-0.25, -0.2) is 23.5 Å². The lowest BCUT2D eigenvalue weighted by Gasteiger charge is -2.38. The summed E-state index contributed by atoms with van der Waals surface area (Å²) < 4.78 is 80.8. The summed E-state index contributed by atoms with van der Waals surface area (Å²) in [5.41, 5.74) is 0.726. The molecule has 1 aliphatic heterocycles. The summed E-state index contributed by atoms with van der Waals surface area (Å²) in [5.74, 6) is -8.11. The van der Waals surface area contributed by atoms with Crippen LogP contribution in [0.15, 0.2) is 55.0 Å². The minimum Gasteiger partial charge on any atom is -0.463 e. The molecule has 0 unspecified atom stereocenters. The lowest BCUT2D eigenvalue weighted by atomic mass is 10.0. The number of rotatable bonds is 4. The Morgan fingerprint density at radius 1 is 1.13 bits per heavy atom. The summed E-state index contributed by atoms with van der Waals surface area (Å²) >= 11 is 1.96. The van der Waals surface area contributed by atoms with E-state index in [1.54, 1.807) is 35.0 Å². The van der Waals surface area contributed by atoms with Crippen molar-refractivity contribution in [3.63, 3.8) is 0 Å². The highest BCUT2D eigenvalue weighted by atomic mass is 127. The fraction of sp³-hybridized carbons (Fsp3) is 0.250. The van der Waals surface area contributed by atoms with Gasteiger partial charge in [-0.2, -0.15) is 13.2 Å². The molecule has 38 heavy (non-hydrogen) atoms. The van der Waals surface area contributed by atoms with Gasteiger partial charge in [-0.05, 0) is 59.0 Å². The molecule has 5 rings (SSSR count). The van der Waals surface area contributed by atoms with Gasteiger partial charge in [0.2, 0.25) is 0 Å². The number of carbonyl (C=O) groups is 2. The van der Waals surface area contributed by atoms with E-state index in [0.717, 1.165) is 11.0 Å². The van der Waals surface area contributed by atoms with E-state index in [1.165, 1.54) is 18.3 Å². The van der Waals surface area contributed by atoms with Gasteiger partial charge < -0.3 is 18.8 Å². The van der Waals surface area contributed by atoms with E-state index in [0.29, 0.717) is 14.6 Å². The van der Waals surface area contributed by atoms with Gasteiger partial charge in [0.05, 0.1) is 17.6 Å². The smallest absolute Gasteiger partial charge is 0.463 e. The Morgan fingerprint density at radius 2 is 1.92 bits per heavy atom. The molecular weight excluding hydrogens is 630 g/mol. The summed E-state index contributed by atoms with van der Waals surface area (Å²) in [7, 11) is 0. The van der Waals surface area contributed by atoms with Crippen LogP contribution in [0.4, 0.5) is 22.0 Å². The van der Waals surface area contributed by atoms with Gasteiger partial charge in [-0.1, -0.05) is 0 Å². The Hall–Kier alpha value is -3.56. The topological polar surface area (TPSA) is 86.0 Å². The second-order valence-electron chi connectivity index (χ2n) is 8.46. The van der Waals surface area contributed by atoms with Crippen molar-refractivity contribution < 1.29 is 41.0 Å². The highest BCUT2D eigenvalue weighted by Crippen LogP contribution is 2.37. The Balaban J connectivity index is 1.47. The number of fused-ring (bicyclic) bond motifs is 2. The standard InChI is InChI=1S/C24H16F5IN4O4/c25-23(26)5-8-34(21(35)15-2-1-7-33-9-6-31-19(15)33)12-18(23)38-20-17(37-22(36)24(27,28)29)11-13-10-14(30)3-4-16(13)32-20/h1-4,6-7,9-11,18H,5,8,12H2/t18-/m0/s1. The SMILES string of the molecule is O=C(c1cccn2ccnc12)N1CCC(F)(F)[C@@H](Oc2nc3ccc(I)cc3cc2OC(=O)C(F)(F)F)C1. The van der Waals surface area contributed by atoms with Crippen LogP contribution in [-0.4, -0.2) is 62.4 Å². The van der Waals surface area contributed by atoms with Crippen molar-refractivity contribution in [3.05, 3.63) is 64.1 Å². The number of pyridine rings is 2. The molecule has 1 saturated heterocycles. The third-order valence-electron chi connectivity index (χ3n) is 5.91. The first-order valence-electron chi connectivity index (χ1n) is 11.1. The summed E-state index contributed by atoms with van der Waals surface area (Å²) in [6.07, 6.45) is -3.33. The number of amides is 1. The molecule has 1 fully saturated rings. The van der Waals surface area contributed by atoms with E-state index < -0.39 is 54.7 Å². The van der Waals surface area contributed by atoms with E-state index in [4.69, 9.17) is 4.74 Å². The molecule has 1 amide bonds. The predicted molar refractivity (Wildman–Crippen MR) is 131 cm³/mol. The molecule has 0 aliphatic carbocycles. The molecule has 1 aliphatic rings. The fourth-order valence-corrected chi connectivity index (χ4v) is 4.54. The molecule has 3 aromatic heterocycles. The Morgan fingerprint density at radius 3 is 2.68 bits per heavy atom. The molecule has 0 radical (unpaired) electrons. The maximum Gasteiger partial charge on any atom is 0.491 e. The zero-order valence-electron chi connectivity index (χ0n) is 19.1. The number of nitrogens with zero attached hydrogens (tertiary/aromatic N) is 4. The minimum absolute atomic E-state index is 0.180. The second-order valence-corrected chi connectivity index (χ2v) is 9.71. The molecule has 4 heterocycles. The van der Waals surface area contributed by atoms with E-state index in [-0.39, 0.29) is 17.6 Å². The number of alkyl halides is 5. The van der Waals surface area contributed by atoms with Gasteiger partial charge in [-0.3, -0.25) is 4.79 Å². The Labute approximate surface area is 224 Å². The zero-order chi connectivity index (χ0) is 27.2. The van der Waals surface area contributed by atoms with Crippen LogP contribution in [0.3, 0.4) is 0 Å². The lowest BCUT2D eigenvalue weighted by Crippen LogP contribution is -2.55. The average Bonchev–Trinajstić information content (AvgIpc) is 3.34.